The van der Waals surface area contributed by atoms with Gasteiger partial charge in [0.2, 0.25) is 10.0 Å². The molecule has 0 saturated heterocycles. The van der Waals surface area contributed by atoms with E-state index in [4.69, 9.17) is 0 Å². The van der Waals surface area contributed by atoms with Crippen LogP contribution in [0.5, 0.6) is 0 Å². The summed E-state index contributed by atoms with van der Waals surface area (Å²) in [5, 5.41) is 3.83. The summed E-state index contributed by atoms with van der Waals surface area (Å²) in [4.78, 5) is 11.7. The van der Waals surface area contributed by atoms with E-state index >= 15 is 0 Å². The molecule has 0 unspecified atom stereocenters. The molecule has 0 bridgehead atoms. The lowest BCUT2D eigenvalue weighted by Gasteiger charge is -2.05. The van der Waals surface area contributed by atoms with Crippen LogP contribution in [0.25, 0.3) is 5.69 Å². The Kier molecular flexibility index (Phi) is 3.77. The van der Waals surface area contributed by atoms with Crippen molar-refractivity contribution in [2.24, 2.45) is 0 Å². The van der Waals surface area contributed by atoms with Gasteiger partial charge < -0.3 is 0 Å². The molecule has 0 radical (unpaired) electrons. The van der Waals surface area contributed by atoms with Crippen LogP contribution in [0.15, 0.2) is 24.3 Å². The fourth-order valence-corrected chi connectivity index (χ4v) is 2.14. The SMILES string of the molecule is Cc1cc(C(=O)NS(C)(=O)=O)nn1-c1ccc(F)cc1F. The zero-order valence-corrected chi connectivity index (χ0v) is 11.9. The van der Waals surface area contributed by atoms with E-state index in [0.29, 0.717) is 11.8 Å². The van der Waals surface area contributed by atoms with E-state index in [1.165, 1.54) is 12.1 Å². The Morgan fingerprint density at radius 1 is 1.29 bits per heavy atom. The van der Waals surface area contributed by atoms with Crippen molar-refractivity contribution in [3.05, 3.63) is 47.3 Å². The highest BCUT2D eigenvalue weighted by Gasteiger charge is 2.18. The maximum atomic E-state index is 13.7. The van der Waals surface area contributed by atoms with Gasteiger partial charge in [0, 0.05) is 11.8 Å². The topological polar surface area (TPSA) is 81.1 Å². The van der Waals surface area contributed by atoms with Crippen molar-refractivity contribution >= 4 is 15.9 Å². The smallest absolute Gasteiger partial charge is 0.266 e. The van der Waals surface area contributed by atoms with E-state index in [1.807, 2.05) is 0 Å². The van der Waals surface area contributed by atoms with Crippen LogP contribution in [-0.4, -0.2) is 30.4 Å². The van der Waals surface area contributed by atoms with Crippen LogP contribution in [0.3, 0.4) is 0 Å². The predicted molar refractivity (Wildman–Crippen MR) is 70.5 cm³/mol. The molecule has 9 heteroatoms. The van der Waals surface area contributed by atoms with Crippen LogP contribution in [0.2, 0.25) is 0 Å². The molecule has 2 aromatic rings. The number of rotatable bonds is 3. The van der Waals surface area contributed by atoms with Crippen molar-refractivity contribution in [2.45, 2.75) is 6.92 Å². The maximum Gasteiger partial charge on any atom is 0.285 e. The third-order valence-electron chi connectivity index (χ3n) is 2.54. The first-order valence-corrected chi connectivity index (χ1v) is 7.61. The Morgan fingerprint density at radius 2 is 1.95 bits per heavy atom. The number of carbonyl (C=O) groups is 1. The van der Waals surface area contributed by atoms with Gasteiger partial charge in [0.15, 0.2) is 11.5 Å². The highest BCUT2D eigenvalue weighted by Crippen LogP contribution is 2.17. The van der Waals surface area contributed by atoms with Crippen LogP contribution >= 0.6 is 0 Å². The highest BCUT2D eigenvalue weighted by atomic mass is 32.2. The monoisotopic (exact) mass is 315 g/mol. The molecule has 1 aromatic heterocycles. The largest absolute Gasteiger partial charge is 0.285 e. The van der Waals surface area contributed by atoms with Gasteiger partial charge in [0.1, 0.15) is 11.5 Å². The first-order valence-electron chi connectivity index (χ1n) is 5.71. The first-order chi connectivity index (χ1) is 9.67. The zero-order valence-electron chi connectivity index (χ0n) is 11.1. The Labute approximate surface area is 119 Å². The minimum atomic E-state index is -3.73. The number of amides is 1. The van der Waals surface area contributed by atoms with Crippen molar-refractivity contribution in [2.75, 3.05) is 6.26 Å². The molecular formula is C12H11F2N3O3S. The number of nitrogens with zero attached hydrogens (tertiary/aromatic N) is 2. The quantitative estimate of drug-likeness (QED) is 0.921. The standard InChI is InChI=1S/C12H11F2N3O3S/c1-7-5-10(12(18)16-21(2,19)20)15-17(7)11-4-3-8(13)6-9(11)14/h3-6H,1-2H3,(H,16,18). The lowest BCUT2D eigenvalue weighted by atomic mass is 10.3. The van der Waals surface area contributed by atoms with Gasteiger partial charge >= 0.3 is 0 Å². The third-order valence-corrected chi connectivity index (χ3v) is 3.09. The lowest BCUT2D eigenvalue weighted by molar-refractivity contribution is 0.0976. The molecule has 0 aliphatic carbocycles. The van der Waals surface area contributed by atoms with E-state index in [-0.39, 0.29) is 11.4 Å². The van der Waals surface area contributed by atoms with Gasteiger partial charge in [-0.15, -0.1) is 0 Å². The number of sulfonamides is 1. The molecule has 0 aliphatic rings. The summed E-state index contributed by atoms with van der Waals surface area (Å²) in [6, 6.07) is 4.20. The van der Waals surface area contributed by atoms with Gasteiger partial charge in [-0.1, -0.05) is 0 Å². The van der Waals surface area contributed by atoms with Gasteiger partial charge in [-0.25, -0.2) is 26.6 Å². The summed E-state index contributed by atoms with van der Waals surface area (Å²) < 4.78 is 51.4. The Balaban J connectivity index is 2.42. The number of halogens is 2. The lowest BCUT2D eigenvalue weighted by Crippen LogP contribution is -2.29. The molecule has 1 N–H and O–H groups in total. The number of aryl methyl sites for hydroxylation is 1. The fourth-order valence-electron chi connectivity index (χ4n) is 1.70. The minimum absolute atomic E-state index is 0.0488. The van der Waals surface area contributed by atoms with Crippen LogP contribution in [0.4, 0.5) is 8.78 Å². The summed E-state index contributed by atoms with van der Waals surface area (Å²) >= 11 is 0. The van der Waals surface area contributed by atoms with Gasteiger partial charge in [-0.05, 0) is 25.1 Å². The second-order valence-electron chi connectivity index (χ2n) is 4.38. The van der Waals surface area contributed by atoms with E-state index in [9.17, 15) is 22.0 Å². The van der Waals surface area contributed by atoms with E-state index in [0.717, 1.165) is 17.0 Å². The molecule has 2 rings (SSSR count). The third kappa shape index (κ3) is 3.43. The molecule has 112 valence electrons. The van der Waals surface area contributed by atoms with Gasteiger partial charge in [-0.2, -0.15) is 5.10 Å². The summed E-state index contributed by atoms with van der Waals surface area (Å²) in [7, 11) is -3.73. The molecule has 1 amide bonds. The number of nitrogens with one attached hydrogen (secondary N) is 1. The second-order valence-corrected chi connectivity index (χ2v) is 6.13. The molecule has 1 aromatic carbocycles. The zero-order chi connectivity index (χ0) is 15.8. The minimum Gasteiger partial charge on any atom is -0.266 e. The fraction of sp³-hybridized carbons (Fsp3) is 0.167. The predicted octanol–water partition coefficient (Wildman–Crippen LogP) is 1.15. The summed E-state index contributed by atoms with van der Waals surface area (Å²) in [5.74, 6) is -2.52. The summed E-state index contributed by atoms with van der Waals surface area (Å²) in [6.45, 7) is 1.55. The number of benzene rings is 1. The number of aromatic nitrogens is 2. The molecule has 21 heavy (non-hydrogen) atoms. The van der Waals surface area contributed by atoms with Gasteiger partial charge in [0.25, 0.3) is 5.91 Å². The van der Waals surface area contributed by atoms with Gasteiger partial charge in [-0.3, -0.25) is 4.79 Å². The van der Waals surface area contributed by atoms with E-state index < -0.39 is 27.6 Å². The number of hydrogen-bond donors (Lipinski definition) is 1. The van der Waals surface area contributed by atoms with Crippen LogP contribution < -0.4 is 4.72 Å². The number of hydrogen-bond acceptors (Lipinski definition) is 4. The van der Waals surface area contributed by atoms with Crippen LogP contribution in [-0.2, 0) is 10.0 Å². The van der Waals surface area contributed by atoms with Crippen molar-refractivity contribution < 1.29 is 22.0 Å². The maximum absolute atomic E-state index is 13.7. The molecule has 6 nitrogen and oxygen atoms in total. The molecule has 0 saturated carbocycles. The second kappa shape index (κ2) is 5.24. The van der Waals surface area contributed by atoms with E-state index in [1.54, 1.807) is 11.6 Å². The molecular weight excluding hydrogens is 304 g/mol. The molecule has 1 heterocycles. The van der Waals surface area contributed by atoms with E-state index in [2.05, 4.69) is 5.10 Å². The Hall–Kier alpha value is -2.29. The highest BCUT2D eigenvalue weighted by molar-refractivity contribution is 7.89. The van der Waals surface area contributed by atoms with Crippen molar-refractivity contribution in [3.8, 4) is 5.69 Å². The Bertz CT molecular complexity index is 815. The van der Waals surface area contributed by atoms with Crippen LogP contribution in [0, 0.1) is 18.6 Å². The van der Waals surface area contributed by atoms with Crippen molar-refractivity contribution in [3.63, 3.8) is 0 Å². The molecule has 0 aliphatic heterocycles. The summed E-state index contributed by atoms with van der Waals surface area (Å²) in [6.07, 6.45) is 0.828. The van der Waals surface area contributed by atoms with Crippen molar-refractivity contribution in [1.29, 1.82) is 0 Å². The number of carbonyl (C=O) groups excluding carboxylic acids is 1. The molecule has 0 fully saturated rings. The Morgan fingerprint density at radius 3 is 2.52 bits per heavy atom. The average molecular weight is 315 g/mol. The first kappa shape index (κ1) is 15.1. The van der Waals surface area contributed by atoms with Gasteiger partial charge in [0.05, 0.1) is 6.26 Å². The van der Waals surface area contributed by atoms with Crippen LogP contribution in [0.1, 0.15) is 16.2 Å². The summed E-state index contributed by atoms with van der Waals surface area (Å²) in [5.41, 5.74) is 0.146. The normalized spacial score (nSPS) is 11.4. The average Bonchev–Trinajstić information content (AvgIpc) is 2.69. The van der Waals surface area contributed by atoms with Crippen molar-refractivity contribution in [1.82, 2.24) is 14.5 Å². The molecule has 0 atom stereocenters. The molecule has 0 spiro atoms.